The monoisotopic (exact) mass is 503 g/mol. The molecule has 0 saturated carbocycles. The molecule has 0 aliphatic carbocycles. The molecule has 0 bridgehead atoms. The number of unbranched alkanes of at least 4 members (excludes halogenated alkanes) is 1. The van der Waals surface area contributed by atoms with Crippen LogP contribution < -0.4 is 14.8 Å². The van der Waals surface area contributed by atoms with Gasteiger partial charge in [0.05, 0.1) is 29.9 Å². The second-order valence-corrected chi connectivity index (χ2v) is 9.92. The fourth-order valence-corrected chi connectivity index (χ4v) is 4.95. The smallest absolute Gasteiger partial charge is 0.338 e. The molecule has 0 fully saturated rings. The van der Waals surface area contributed by atoms with Crippen molar-refractivity contribution in [2.45, 2.75) is 31.6 Å². The molecule has 2 aromatic carbocycles. The van der Waals surface area contributed by atoms with Gasteiger partial charge in [-0.1, -0.05) is 24.7 Å². The van der Waals surface area contributed by atoms with Gasteiger partial charge in [0.2, 0.25) is 0 Å². The van der Waals surface area contributed by atoms with Gasteiger partial charge in [0, 0.05) is 5.69 Å². The molecule has 1 aromatic heterocycles. The van der Waals surface area contributed by atoms with Crippen molar-refractivity contribution in [2.75, 3.05) is 23.8 Å². The van der Waals surface area contributed by atoms with Gasteiger partial charge in [0.25, 0.3) is 15.9 Å². The van der Waals surface area contributed by atoms with Crippen LogP contribution in [-0.4, -0.2) is 39.0 Å². The van der Waals surface area contributed by atoms with Gasteiger partial charge in [-0.15, -0.1) is 0 Å². The van der Waals surface area contributed by atoms with Crippen molar-refractivity contribution in [3.05, 3.63) is 64.7 Å². The molecule has 3 aromatic rings. The van der Waals surface area contributed by atoms with E-state index >= 15 is 0 Å². The van der Waals surface area contributed by atoms with Crippen LogP contribution >= 0.6 is 11.3 Å². The zero-order valence-corrected chi connectivity index (χ0v) is 20.6. The van der Waals surface area contributed by atoms with Gasteiger partial charge < -0.3 is 14.8 Å². The third kappa shape index (κ3) is 6.33. The van der Waals surface area contributed by atoms with Crippen molar-refractivity contribution in [3.63, 3.8) is 0 Å². The number of aryl methyl sites for hydroxylation is 1. The first-order chi connectivity index (χ1) is 16.2. The lowest BCUT2D eigenvalue weighted by atomic mass is 10.2. The number of hydrogen-bond donors (Lipinski definition) is 2. The van der Waals surface area contributed by atoms with E-state index in [1.807, 2.05) is 6.92 Å². The molecule has 180 valence electrons. The zero-order chi connectivity index (χ0) is 24.7. The standard InChI is InChI=1S/C23H25N3O6S2/c1-4-5-14-32-22(28)16-6-8-17(9-7-16)25-21(27)20-15(2)24-23(33-20)26-34(29,30)19-12-10-18(31-3)11-13-19/h6-13H,4-5,14H2,1-3H3,(H,24,26)(H,25,27). The molecule has 1 heterocycles. The molecule has 2 N–H and O–H groups in total. The fraction of sp³-hybridized carbons (Fsp3) is 0.261. The number of benzene rings is 2. The molecule has 9 nitrogen and oxygen atoms in total. The predicted octanol–water partition coefficient (Wildman–Crippen LogP) is 4.47. The van der Waals surface area contributed by atoms with Crippen LogP contribution in [0.15, 0.2) is 53.4 Å². The van der Waals surface area contributed by atoms with Crippen molar-refractivity contribution in [1.29, 1.82) is 0 Å². The van der Waals surface area contributed by atoms with E-state index in [0.29, 0.717) is 29.3 Å². The molecular weight excluding hydrogens is 478 g/mol. The van der Waals surface area contributed by atoms with Crippen LogP contribution in [0.5, 0.6) is 5.75 Å². The summed E-state index contributed by atoms with van der Waals surface area (Å²) in [5.41, 5.74) is 1.24. The van der Waals surface area contributed by atoms with Crippen LogP contribution in [0.25, 0.3) is 0 Å². The summed E-state index contributed by atoms with van der Waals surface area (Å²) in [5, 5.41) is 2.80. The summed E-state index contributed by atoms with van der Waals surface area (Å²) in [6, 6.07) is 12.2. The number of methoxy groups -OCH3 is 1. The first-order valence-corrected chi connectivity index (χ1v) is 12.8. The van der Waals surface area contributed by atoms with Crippen molar-refractivity contribution in [3.8, 4) is 5.75 Å². The summed E-state index contributed by atoms with van der Waals surface area (Å²) in [5.74, 6) is -0.328. The minimum atomic E-state index is -3.88. The van der Waals surface area contributed by atoms with Crippen LogP contribution in [-0.2, 0) is 14.8 Å². The number of carbonyl (C=O) groups is 2. The third-order valence-electron chi connectivity index (χ3n) is 4.70. The van der Waals surface area contributed by atoms with E-state index in [4.69, 9.17) is 9.47 Å². The third-order valence-corrected chi connectivity index (χ3v) is 7.26. The molecule has 0 aliphatic rings. The second kappa shape index (κ2) is 11.1. The Morgan fingerprint density at radius 2 is 1.74 bits per heavy atom. The number of rotatable bonds is 10. The van der Waals surface area contributed by atoms with E-state index in [1.54, 1.807) is 31.2 Å². The van der Waals surface area contributed by atoms with Crippen molar-refractivity contribution in [2.24, 2.45) is 0 Å². The van der Waals surface area contributed by atoms with Gasteiger partial charge in [-0.2, -0.15) is 0 Å². The highest BCUT2D eigenvalue weighted by molar-refractivity contribution is 7.93. The summed E-state index contributed by atoms with van der Waals surface area (Å²) < 4.78 is 37.9. The predicted molar refractivity (Wildman–Crippen MR) is 130 cm³/mol. The Morgan fingerprint density at radius 3 is 2.35 bits per heavy atom. The van der Waals surface area contributed by atoms with Crippen molar-refractivity contribution < 1.29 is 27.5 Å². The molecule has 3 rings (SSSR count). The van der Waals surface area contributed by atoms with E-state index in [0.717, 1.165) is 24.2 Å². The highest BCUT2D eigenvalue weighted by Crippen LogP contribution is 2.26. The number of ether oxygens (including phenoxy) is 2. The number of anilines is 2. The number of nitrogens with zero attached hydrogens (tertiary/aromatic N) is 1. The van der Waals surface area contributed by atoms with Crippen molar-refractivity contribution in [1.82, 2.24) is 4.98 Å². The van der Waals surface area contributed by atoms with Gasteiger partial charge in [-0.25, -0.2) is 18.2 Å². The molecule has 0 aliphatic heterocycles. The first kappa shape index (κ1) is 25.2. The summed E-state index contributed by atoms with van der Waals surface area (Å²) in [6.45, 7) is 3.99. The van der Waals surface area contributed by atoms with E-state index in [2.05, 4.69) is 15.0 Å². The van der Waals surface area contributed by atoms with Gasteiger partial charge in [-0.3, -0.25) is 9.52 Å². The minimum Gasteiger partial charge on any atom is -0.497 e. The van der Waals surface area contributed by atoms with Crippen LogP contribution in [0.3, 0.4) is 0 Å². The minimum absolute atomic E-state index is 0.0421. The highest BCUT2D eigenvalue weighted by atomic mass is 32.2. The van der Waals surface area contributed by atoms with Gasteiger partial charge in [-0.05, 0) is 61.9 Å². The Hall–Kier alpha value is -3.44. The lowest BCUT2D eigenvalue weighted by molar-refractivity contribution is 0.0499. The van der Waals surface area contributed by atoms with E-state index < -0.39 is 21.9 Å². The van der Waals surface area contributed by atoms with E-state index in [-0.39, 0.29) is 14.9 Å². The maximum Gasteiger partial charge on any atom is 0.338 e. The zero-order valence-electron chi connectivity index (χ0n) is 19.0. The normalized spacial score (nSPS) is 11.0. The molecule has 0 atom stereocenters. The lowest BCUT2D eigenvalue weighted by Gasteiger charge is -2.07. The molecule has 11 heteroatoms. The van der Waals surface area contributed by atoms with Crippen LogP contribution in [0.4, 0.5) is 10.8 Å². The number of amides is 1. The lowest BCUT2D eigenvalue weighted by Crippen LogP contribution is -2.12. The number of hydrogen-bond acceptors (Lipinski definition) is 8. The van der Waals surface area contributed by atoms with E-state index in [1.165, 1.54) is 31.4 Å². The molecule has 0 saturated heterocycles. The number of esters is 1. The quantitative estimate of drug-likeness (QED) is 0.309. The number of sulfonamides is 1. The molecule has 1 amide bonds. The Bertz CT molecular complexity index is 1250. The average molecular weight is 504 g/mol. The maximum atomic E-state index is 12.7. The molecule has 34 heavy (non-hydrogen) atoms. The summed E-state index contributed by atoms with van der Waals surface area (Å²) in [4.78, 5) is 29.2. The Morgan fingerprint density at radius 1 is 1.06 bits per heavy atom. The first-order valence-electron chi connectivity index (χ1n) is 10.5. The molecule has 0 radical (unpaired) electrons. The largest absolute Gasteiger partial charge is 0.497 e. The van der Waals surface area contributed by atoms with Crippen LogP contribution in [0, 0.1) is 6.92 Å². The second-order valence-electron chi connectivity index (χ2n) is 7.24. The van der Waals surface area contributed by atoms with Crippen LogP contribution in [0.1, 0.15) is 45.5 Å². The maximum absolute atomic E-state index is 12.7. The number of aromatic nitrogens is 1. The highest BCUT2D eigenvalue weighted by Gasteiger charge is 2.21. The molecule has 0 unspecified atom stereocenters. The topological polar surface area (TPSA) is 124 Å². The van der Waals surface area contributed by atoms with Gasteiger partial charge in [0.1, 0.15) is 10.6 Å². The van der Waals surface area contributed by atoms with Gasteiger partial charge in [0.15, 0.2) is 5.13 Å². The van der Waals surface area contributed by atoms with E-state index in [9.17, 15) is 18.0 Å². The summed E-state index contributed by atoms with van der Waals surface area (Å²) in [7, 11) is -2.39. The Kier molecular flexibility index (Phi) is 8.24. The number of nitrogens with one attached hydrogen (secondary N) is 2. The molecular formula is C23H25N3O6S2. The number of carbonyl (C=O) groups excluding carboxylic acids is 2. The Labute approximate surface area is 202 Å². The summed E-state index contributed by atoms with van der Waals surface area (Å²) in [6.07, 6.45) is 1.73. The van der Waals surface area contributed by atoms with Gasteiger partial charge >= 0.3 is 5.97 Å². The summed E-state index contributed by atoms with van der Waals surface area (Å²) >= 11 is 0.923. The van der Waals surface area contributed by atoms with Crippen LogP contribution in [0.2, 0.25) is 0 Å². The fourth-order valence-electron chi connectivity index (χ4n) is 2.85. The number of thiazole rings is 1. The Balaban J connectivity index is 1.66. The van der Waals surface area contributed by atoms with Crippen molar-refractivity contribution >= 4 is 44.1 Å². The average Bonchev–Trinajstić information content (AvgIpc) is 3.19. The SMILES string of the molecule is CCCCOC(=O)c1ccc(NC(=O)c2sc(NS(=O)(=O)c3ccc(OC)cc3)nc2C)cc1. The molecule has 0 spiro atoms.